The largest absolute Gasteiger partial charge is 0.365 e. The van der Waals surface area contributed by atoms with Crippen LogP contribution in [-0.2, 0) is 14.8 Å². The number of sulfonamides is 1. The lowest BCUT2D eigenvalue weighted by Crippen LogP contribution is -2.57. The zero-order valence-electron chi connectivity index (χ0n) is 18.7. The molecule has 2 atom stereocenters. The van der Waals surface area contributed by atoms with Crippen LogP contribution < -0.4 is 4.90 Å². The van der Waals surface area contributed by atoms with Crippen LogP contribution in [0.4, 0.5) is 5.69 Å². The Morgan fingerprint density at radius 1 is 1.09 bits per heavy atom. The number of amides is 1. The van der Waals surface area contributed by atoms with Crippen molar-refractivity contribution in [2.24, 2.45) is 0 Å². The van der Waals surface area contributed by atoms with Gasteiger partial charge in [0, 0.05) is 37.9 Å². The molecule has 2 saturated heterocycles. The molecule has 5 rings (SSSR count). The number of benzene rings is 2. The van der Waals surface area contributed by atoms with Gasteiger partial charge in [-0.2, -0.15) is 13.1 Å². The molecule has 0 radical (unpaired) electrons. The number of carbonyl (C=O) groups excluding carboxylic acids is 1. The van der Waals surface area contributed by atoms with Crippen LogP contribution in [0.5, 0.6) is 0 Å². The van der Waals surface area contributed by atoms with E-state index in [0.29, 0.717) is 43.5 Å². The number of hydrogen-bond donors (Lipinski definition) is 0. The molecule has 0 bridgehead atoms. The number of fused-ring (bicyclic) bond motifs is 1. The minimum absolute atomic E-state index is 0.101. The van der Waals surface area contributed by atoms with Gasteiger partial charge >= 0.3 is 0 Å². The fourth-order valence-electron chi connectivity index (χ4n) is 4.95. The second-order valence-electron chi connectivity index (χ2n) is 8.83. The summed E-state index contributed by atoms with van der Waals surface area (Å²) in [6, 6.07) is 12.8. The van der Waals surface area contributed by atoms with E-state index in [9.17, 15) is 13.2 Å². The van der Waals surface area contributed by atoms with E-state index in [1.165, 1.54) is 9.87 Å². The molecule has 10 heteroatoms. The number of rotatable bonds is 4. The summed E-state index contributed by atoms with van der Waals surface area (Å²) < 4.78 is 36.9. The summed E-state index contributed by atoms with van der Waals surface area (Å²) in [5.41, 5.74) is 3.30. The quantitative estimate of drug-likeness (QED) is 0.565. The fraction of sp³-hybridized carbons (Fsp3) is 0.435. The van der Waals surface area contributed by atoms with Crippen LogP contribution in [0.1, 0.15) is 25.3 Å². The molecule has 2 unspecified atom stereocenters. The van der Waals surface area contributed by atoms with Gasteiger partial charge in [0.05, 0.1) is 11.7 Å². The topological polar surface area (TPSA) is 86.7 Å². The summed E-state index contributed by atoms with van der Waals surface area (Å²) in [5, 5.41) is 0. The highest BCUT2D eigenvalue weighted by molar-refractivity contribution is 7.89. The highest BCUT2D eigenvalue weighted by atomic mass is 32.2. The van der Waals surface area contributed by atoms with E-state index < -0.39 is 16.1 Å². The first-order valence-corrected chi connectivity index (χ1v) is 13.4. The smallest absolute Gasteiger partial charge is 0.246 e. The molecule has 0 aliphatic carbocycles. The predicted molar refractivity (Wildman–Crippen MR) is 129 cm³/mol. The average Bonchev–Trinajstić information content (AvgIpc) is 3.48. The molecule has 33 heavy (non-hydrogen) atoms. The Bertz CT molecular complexity index is 1290. The van der Waals surface area contributed by atoms with Gasteiger partial charge in [0.25, 0.3) is 0 Å². The van der Waals surface area contributed by atoms with E-state index >= 15 is 0 Å². The number of carbonyl (C=O) groups is 1. The van der Waals surface area contributed by atoms with Crippen LogP contribution in [-0.4, -0.2) is 70.5 Å². The first-order valence-electron chi connectivity index (χ1n) is 11.2. The number of aromatic nitrogens is 2. The highest BCUT2D eigenvalue weighted by Gasteiger charge is 2.43. The standard InChI is InChI=1S/C23H27N5O3S2/c1-16-6-3-7-18(14-16)27-13-12-26(15-17(27)2)23(29)20-9-5-11-28(20)33(30,31)21-10-4-8-19-22(21)25-32-24-19/h3-4,6-8,10,14,17,20H,5,9,11-13,15H2,1-2H3. The molecule has 2 aliphatic heterocycles. The van der Waals surface area contributed by atoms with Crippen LogP contribution in [0.2, 0.25) is 0 Å². The van der Waals surface area contributed by atoms with E-state index in [0.717, 1.165) is 24.0 Å². The molecular weight excluding hydrogens is 458 g/mol. The van der Waals surface area contributed by atoms with Gasteiger partial charge in [0.15, 0.2) is 0 Å². The van der Waals surface area contributed by atoms with E-state index in [-0.39, 0.29) is 16.8 Å². The Hall–Kier alpha value is -2.56. The van der Waals surface area contributed by atoms with Crippen molar-refractivity contribution in [3.05, 3.63) is 48.0 Å². The molecule has 2 aromatic carbocycles. The summed E-state index contributed by atoms with van der Waals surface area (Å²) in [6.45, 7) is 6.40. The van der Waals surface area contributed by atoms with Gasteiger partial charge in [-0.15, -0.1) is 0 Å². The van der Waals surface area contributed by atoms with Crippen molar-refractivity contribution in [1.29, 1.82) is 0 Å². The maximum atomic E-state index is 13.6. The lowest BCUT2D eigenvalue weighted by molar-refractivity contribution is -0.135. The Labute approximate surface area is 198 Å². The van der Waals surface area contributed by atoms with Gasteiger partial charge in [0.2, 0.25) is 15.9 Å². The predicted octanol–water partition coefficient (Wildman–Crippen LogP) is 2.89. The third-order valence-electron chi connectivity index (χ3n) is 6.60. The monoisotopic (exact) mass is 485 g/mol. The Morgan fingerprint density at radius 2 is 1.91 bits per heavy atom. The highest BCUT2D eigenvalue weighted by Crippen LogP contribution is 2.31. The van der Waals surface area contributed by atoms with E-state index in [1.54, 1.807) is 18.2 Å². The van der Waals surface area contributed by atoms with Crippen molar-refractivity contribution >= 4 is 44.4 Å². The first kappa shape index (κ1) is 22.2. The van der Waals surface area contributed by atoms with Crippen LogP contribution >= 0.6 is 11.7 Å². The van der Waals surface area contributed by atoms with E-state index in [2.05, 4.69) is 51.8 Å². The van der Waals surface area contributed by atoms with Gasteiger partial charge < -0.3 is 9.80 Å². The lowest BCUT2D eigenvalue weighted by atomic mass is 10.1. The molecule has 174 valence electrons. The Kier molecular flexibility index (Phi) is 5.84. The van der Waals surface area contributed by atoms with Crippen LogP contribution in [0.15, 0.2) is 47.4 Å². The number of hydrogen-bond acceptors (Lipinski definition) is 7. The average molecular weight is 486 g/mol. The number of nitrogens with zero attached hydrogens (tertiary/aromatic N) is 5. The SMILES string of the molecule is Cc1cccc(N2CCN(C(=O)C3CCCN3S(=O)(=O)c3cccc4nsnc34)CC2C)c1. The summed E-state index contributed by atoms with van der Waals surface area (Å²) in [7, 11) is -3.86. The van der Waals surface area contributed by atoms with E-state index in [1.807, 2.05) is 4.90 Å². The second kappa shape index (κ2) is 8.66. The van der Waals surface area contributed by atoms with Gasteiger partial charge in [-0.3, -0.25) is 4.79 Å². The molecule has 2 aliphatic rings. The number of anilines is 1. The fourth-order valence-corrected chi connectivity index (χ4v) is 7.35. The molecule has 3 aromatic rings. The molecule has 0 spiro atoms. The van der Waals surface area contributed by atoms with E-state index in [4.69, 9.17) is 0 Å². The molecule has 2 fully saturated rings. The third-order valence-corrected chi connectivity index (χ3v) is 9.08. The Balaban J connectivity index is 1.35. The summed E-state index contributed by atoms with van der Waals surface area (Å²) in [4.78, 5) is 17.8. The molecular formula is C23H27N5O3S2. The molecule has 1 amide bonds. The third kappa shape index (κ3) is 4.00. The van der Waals surface area contributed by atoms with Crippen LogP contribution in [0.3, 0.4) is 0 Å². The van der Waals surface area contributed by atoms with Gasteiger partial charge in [0.1, 0.15) is 22.0 Å². The normalized spacial score (nSPS) is 22.2. The molecule has 0 N–H and O–H groups in total. The van der Waals surface area contributed by atoms with Crippen molar-refractivity contribution in [3.8, 4) is 0 Å². The maximum Gasteiger partial charge on any atom is 0.246 e. The molecule has 1 aromatic heterocycles. The summed E-state index contributed by atoms with van der Waals surface area (Å²) in [5.74, 6) is -0.101. The van der Waals surface area contributed by atoms with Gasteiger partial charge in [-0.25, -0.2) is 8.42 Å². The molecule has 0 saturated carbocycles. The maximum absolute atomic E-state index is 13.6. The van der Waals surface area contributed by atoms with Crippen molar-refractivity contribution in [2.75, 3.05) is 31.1 Å². The van der Waals surface area contributed by atoms with Crippen LogP contribution in [0.25, 0.3) is 11.0 Å². The van der Waals surface area contributed by atoms with Crippen LogP contribution in [0, 0.1) is 6.92 Å². The first-order chi connectivity index (χ1) is 15.9. The minimum Gasteiger partial charge on any atom is -0.365 e. The lowest BCUT2D eigenvalue weighted by Gasteiger charge is -2.42. The van der Waals surface area contributed by atoms with Crippen molar-refractivity contribution < 1.29 is 13.2 Å². The zero-order valence-corrected chi connectivity index (χ0v) is 20.3. The zero-order chi connectivity index (χ0) is 23.2. The molecule has 8 nitrogen and oxygen atoms in total. The van der Waals surface area contributed by atoms with Gasteiger partial charge in [-0.1, -0.05) is 18.2 Å². The summed E-state index contributed by atoms with van der Waals surface area (Å²) in [6.07, 6.45) is 1.20. The van der Waals surface area contributed by atoms with Gasteiger partial charge in [-0.05, 0) is 56.5 Å². The number of aryl methyl sites for hydroxylation is 1. The van der Waals surface area contributed by atoms with Crippen molar-refractivity contribution in [3.63, 3.8) is 0 Å². The van der Waals surface area contributed by atoms with Crippen molar-refractivity contribution in [1.82, 2.24) is 18.0 Å². The minimum atomic E-state index is -3.86. The number of piperazine rings is 1. The molecule has 3 heterocycles. The Morgan fingerprint density at radius 3 is 2.70 bits per heavy atom. The summed E-state index contributed by atoms with van der Waals surface area (Å²) >= 11 is 0.992. The van der Waals surface area contributed by atoms with Crippen molar-refractivity contribution in [2.45, 2.75) is 43.7 Å². The second-order valence-corrected chi connectivity index (χ2v) is 11.2.